The van der Waals surface area contributed by atoms with Crippen molar-refractivity contribution in [2.75, 3.05) is 30.3 Å². The quantitative estimate of drug-likeness (QED) is 0.779. The van der Waals surface area contributed by atoms with Crippen molar-refractivity contribution in [1.29, 1.82) is 0 Å². The molecule has 27 heavy (non-hydrogen) atoms. The summed E-state index contributed by atoms with van der Waals surface area (Å²) in [4.78, 5) is 13.5. The van der Waals surface area contributed by atoms with Crippen LogP contribution in [0.15, 0.2) is 54.6 Å². The van der Waals surface area contributed by atoms with E-state index in [1.54, 1.807) is 0 Å². The van der Waals surface area contributed by atoms with Gasteiger partial charge in [-0.3, -0.25) is 4.79 Å². The van der Waals surface area contributed by atoms with E-state index < -0.39 is 16.1 Å². The summed E-state index contributed by atoms with van der Waals surface area (Å²) in [6.07, 6.45) is -0.0544. The van der Waals surface area contributed by atoms with Gasteiger partial charge < -0.3 is 9.64 Å². The average molecular weight is 392 g/mol. The number of morpholine rings is 1. The molecule has 1 atom stereocenters. The highest BCUT2D eigenvalue weighted by molar-refractivity contribution is 7.89. The van der Waals surface area contributed by atoms with Gasteiger partial charge in [-0.15, -0.1) is 0 Å². The van der Waals surface area contributed by atoms with Crippen LogP contribution in [0.3, 0.4) is 0 Å². The fourth-order valence-corrected chi connectivity index (χ4v) is 3.90. The lowest BCUT2D eigenvalue weighted by Gasteiger charge is -2.32. The first kappa shape index (κ1) is 19.5. The van der Waals surface area contributed by atoms with E-state index in [9.17, 15) is 17.6 Å². The predicted octanol–water partition coefficient (Wildman–Crippen LogP) is 1.72. The molecule has 0 radical (unpaired) electrons. The molecule has 0 aromatic heterocycles. The van der Waals surface area contributed by atoms with E-state index in [-0.39, 0.29) is 37.2 Å². The van der Waals surface area contributed by atoms with Crippen LogP contribution in [0.1, 0.15) is 5.56 Å². The summed E-state index contributed by atoms with van der Waals surface area (Å²) in [5.41, 5.74) is 1.51. The summed E-state index contributed by atoms with van der Waals surface area (Å²) < 4.78 is 45.5. The number of carbonyl (C=O) groups excluding carboxylic acids is 1. The van der Waals surface area contributed by atoms with Gasteiger partial charge in [-0.25, -0.2) is 17.5 Å². The van der Waals surface area contributed by atoms with Gasteiger partial charge in [-0.05, 0) is 36.2 Å². The van der Waals surface area contributed by atoms with Crippen LogP contribution in [0.25, 0.3) is 0 Å². The number of aryl methyl sites for hydroxylation is 1. The van der Waals surface area contributed by atoms with Gasteiger partial charge in [-0.2, -0.15) is 0 Å². The molecule has 0 saturated carbocycles. The lowest BCUT2D eigenvalue weighted by molar-refractivity contribution is -0.129. The minimum Gasteiger partial charge on any atom is -0.365 e. The monoisotopic (exact) mass is 392 g/mol. The van der Waals surface area contributed by atoms with Gasteiger partial charge >= 0.3 is 0 Å². The first-order valence-electron chi connectivity index (χ1n) is 8.62. The van der Waals surface area contributed by atoms with Crippen LogP contribution in [0.4, 0.5) is 10.1 Å². The van der Waals surface area contributed by atoms with Crippen LogP contribution in [-0.2, 0) is 26.0 Å². The molecular formula is C19H21FN2O4S. The number of nitrogens with zero attached hydrogens (tertiary/aromatic N) is 1. The van der Waals surface area contributed by atoms with Gasteiger partial charge in [0.05, 0.1) is 18.4 Å². The molecule has 0 aliphatic carbocycles. The van der Waals surface area contributed by atoms with Crippen LogP contribution in [0.2, 0.25) is 0 Å². The molecule has 1 saturated heterocycles. The van der Waals surface area contributed by atoms with Gasteiger partial charge in [0.25, 0.3) is 5.91 Å². The number of anilines is 1. The van der Waals surface area contributed by atoms with E-state index >= 15 is 0 Å². The molecule has 0 spiro atoms. The van der Waals surface area contributed by atoms with Crippen molar-refractivity contribution < 1.29 is 22.3 Å². The Morgan fingerprint density at radius 3 is 2.52 bits per heavy atom. The summed E-state index contributed by atoms with van der Waals surface area (Å²) in [6, 6.07) is 15.0. The van der Waals surface area contributed by atoms with Crippen molar-refractivity contribution in [3.8, 4) is 0 Å². The Labute approximate surface area is 158 Å². The molecule has 1 aliphatic rings. The molecule has 1 fully saturated rings. The topological polar surface area (TPSA) is 75.7 Å². The number of sulfonamides is 1. The molecular weight excluding hydrogens is 371 g/mol. The highest BCUT2D eigenvalue weighted by atomic mass is 32.2. The number of nitrogens with one attached hydrogen (secondary N) is 1. The van der Waals surface area contributed by atoms with Crippen molar-refractivity contribution >= 4 is 21.6 Å². The third kappa shape index (κ3) is 5.59. The van der Waals surface area contributed by atoms with Gasteiger partial charge in [0.1, 0.15) is 12.4 Å². The Hall–Kier alpha value is -2.29. The standard InChI is InChI=1S/C19H21FN2O4S/c20-16-6-8-17(9-7-16)22-13-18(26-14-19(22)23)12-21-27(24,25)11-10-15-4-2-1-3-5-15/h1-9,18,21H,10-14H2. The SMILES string of the molecule is O=C1COC(CNS(=O)(=O)CCc2ccccc2)CN1c1ccc(F)cc1. The maximum absolute atomic E-state index is 13.1. The minimum absolute atomic E-state index is 0.0235. The number of rotatable bonds is 7. The average Bonchev–Trinajstić information content (AvgIpc) is 2.68. The Kier molecular flexibility index (Phi) is 6.20. The van der Waals surface area contributed by atoms with E-state index in [0.717, 1.165) is 5.56 Å². The largest absolute Gasteiger partial charge is 0.365 e. The summed E-state index contributed by atoms with van der Waals surface area (Å²) in [6.45, 7) is 0.127. The lowest BCUT2D eigenvalue weighted by Crippen LogP contribution is -2.50. The summed E-state index contributed by atoms with van der Waals surface area (Å²) in [5, 5.41) is 0. The highest BCUT2D eigenvalue weighted by Crippen LogP contribution is 2.19. The van der Waals surface area contributed by atoms with E-state index in [1.807, 2.05) is 30.3 Å². The van der Waals surface area contributed by atoms with E-state index in [2.05, 4.69) is 4.72 Å². The fourth-order valence-electron chi connectivity index (χ4n) is 2.81. The van der Waals surface area contributed by atoms with Gasteiger partial charge in [-0.1, -0.05) is 30.3 Å². The predicted molar refractivity (Wildman–Crippen MR) is 100 cm³/mol. The number of amides is 1. The van der Waals surface area contributed by atoms with Crippen molar-refractivity contribution in [2.45, 2.75) is 12.5 Å². The zero-order valence-corrected chi connectivity index (χ0v) is 15.5. The fraction of sp³-hybridized carbons (Fsp3) is 0.316. The van der Waals surface area contributed by atoms with Crippen LogP contribution < -0.4 is 9.62 Å². The van der Waals surface area contributed by atoms with Crippen LogP contribution in [0, 0.1) is 5.82 Å². The van der Waals surface area contributed by atoms with Crippen molar-refractivity contribution in [1.82, 2.24) is 4.72 Å². The molecule has 1 amide bonds. The summed E-state index contributed by atoms with van der Waals surface area (Å²) in [5.74, 6) is -0.656. The molecule has 1 aliphatic heterocycles. The molecule has 1 unspecified atom stereocenters. The van der Waals surface area contributed by atoms with Crippen molar-refractivity contribution in [2.24, 2.45) is 0 Å². The normalized spacial score (nSPS) is 17.9. The number of hydrogen-bond donors (Lipinski definition) is 1. The number of carbonyl (C=O) groups is 1. The lowest BCUT2D eigenvalue weighted by atomic mass is 10.2. The highest BCUT2D eigenvalue weighted by Gasteiger charge is 2.28. The summed E-state index contributed by atoms with van der Waals surface area (Å²) in [7, 11) is -3.46. The molecule has 8 heteroatoms. The Morgan fingerprint density at radius 1 is 1.11 bits per heavy atom. The Bertz CT molecular complexity index is 872. The van der Waals surface area contributed by atoms with Crippen LogP contribution >= 0.6 is 0 Å². The smallest absolute Gasteiger partial charge is 0.253 e. The van der Waals surface area contributed by atoms with Crippen LogP contribution in [-0.4, -0.2) is 45.9 Å². The molecule has 144 valence electrons. The molecule has 3 rings (SSSR count). The van der Waals surface area contributed by atoms with Crippen molar-refractivity contribution in [3.05, 3.63) is 66.0 Å². The first-order chi connectivity index (χ1) is 12.9. The van der Waals surface area contributed by atoms with Crippen LogP contribution in [0.5, 0.6) is 0 Å². The molecule has 0 bridgehead atoms. The van der Waals surface area contributed by atoms with E-state index in [4.69, 9.17) is 4.74 Å². The molecule has 1 N–H and O–H groups in total. The molecule has 1 heterocycles. The first-order valence-corrected chi connectivity index (χ1v) is 10.3. The number of halogens is 1. The van der Waals surface area contributed by atoms with E-state index in [0.29, 0.717) is 12.1 Å². The zero-order valence-electron chi connectivity index (χ0n) is 14.7. The van der Waals surface area contributed by atoms with Crippen molar-refractivity contribution in [3.63, 3.8) is 0 Å². The second-order valence-corrected chi connectivity index (χ2v) is 8.24. The third-order valence-electron chi connectivity index (χ3n) is 4.30. The molecule has 2 aromatic carbocycles. The second kappa shape index (κ2) is 8.60. The second-order valence-electron chi connectivity index (χ2n) is 6.32. The number of benzene rings is 2. The Morgan fingerprint density at radius 2 is 1.81 bits per heavy atom. The van der Waals surface area contributed by atoms with E-state index in [1.165, 1.54) is 29.2 Å². The third-order valence-corrected chi connectivity index (χ3v) is 5.65. The summed E-state index contributed by atoms with van der Waals surface area (Å²) >= 11 is 0. The Balaban J connectivity index is 1.54. The zero-order chi connectivity index (χ0) is 19.3. The van der Waals surface area contributed by atoms with Gasteiger partial charge in [0.15, 0.2) is 0 Å². The number of hydrogen-bond acceptors (Lipinski definition) is 4. The van der Waals surface area contributed by atoms with Gasteiger partial charge in [0.2, 0.25) is 10.0 Å². The molecule has 6 nitrogen and oxygen atoms in total. The number of ether oxygens (including phenoxy) is 1. The van der Waals surface area contributed by atoms with Gasteiger partial charge in [0, 0.05) is 12.2 Å². The maximum atomic E-state index is 13.1. The molecule has 2 aromatic rings. The minimum atomic E-state index is -3.46. The maximum Gasteiger partial charge on any atom is 0.253 e.